The minimum Gasteiger partial charge on any atom is -0.458 e. The number of fused-ring (bicyclic) bond motifs is 6. The summed E-state index contributed by atoms with van der Waals surface area (Å²) in [5, 5.41) is 2.18. The van der Waals surface area contributed by atoms with Gasteiger partial charge in [-0.1, -0.05) is 121 Å². The lowest BCUT2D eigenvalue weighted by Gasteiger charge is -2.35. The zero-order chi connectivity index (χ0) is 33.5. The van der Waals surface area contributed by atoms with E-state index in [2.05, 4.69) is 115 Å². The highest BCUT2D eigenvalue weighted by molar-refractivity contribution is 6.98. The number of para-hydroxylation sites is 4. The molecule has 2 aromatic heterocycles. The van der Waals surface area contributed by atoms with Gasteiger partial charge in [-0.2, -0.15) is 0 Å². The molecule has 0 spiro atoms. The number of furan rings is 2. The molecule has 0 aliphatic carbocycles. The molecule has 9 aromatic rings. The van der Waals surface area contributed by atoms with Crippen LogP contribution in [0, 0.1) is 0 Å². The Bertz CT molecular complexity index is 2550. The van der Waals surface area contributed by atoms with E-state index < -0.39 is 0 Å². The molecule has 0 saturated heterocycles. The van der Waals surface area contributed by atoms with Crippen LogP contribution in [0.2, 0.25) is 0 Å². The number of benzene rings is 7. The number of hydrogen-bond donors (Lipinski definition) is 0. The van der Waals surface area contributed by atoms with Crippen LogP contribution in [-0.4, -0.2) is 6.71 Å². The van der Waals surface area contributed by atoms with Crippen molar-refractivity contribution in [2.75, 3.05) is 0 Å². The summed E-state index contributed by atoms with van der Waals surface area (Å²) in [5.74, 6) is 5.05. The van der Waals surface area contributed by atoms with Crippen LogP contribution in [0.25, 0.3) is 66.8 Å². The Kier molecular flexibility index (Phi) is 6.01. The molecule has 2 aliphatic rings. The molecule has 51 heavy (non-hydrogen) atoms. The predicted molar refractivity (Wildman–Crippen MR) is 205 cm³/mol. The van der Waals surface area contributed by atoms with E-state index in [0.29, 0.717) is 0 Å². The van der Waals surface area contributed by atoms with E-state index in [4.69, 9.17) is 18.3 Å². The van der Waals surface area contributed by atoms with Crippen LogP contribution < -0.4 is 25.9 Å². The van der Waals surface area contributed by atoms with Gasteiger partial charge >= 0.3 is 0 Å². The van der Waals surface area contributed by atoms with Gasteiger partial charge in [-0.25, -0.2) is 0 Å². The van der Waals surface area contributed by atoms with Gasteiger partial charge in [0.15, 0.2) is 0 Å². The molecule has 7 aromatic carbocycles. The molecule has 0 unspecified atom stereocenters. The fourth-order valence-electron chi connectivity index (χ4n) is 7.78. The zero-order valence-corrected chi connectivity index (χ0v) is 27.3. The van der Waals surface area contributed by atoms with E-state index in [9.17, 15) is 0 Å². The molecule has 238 valence electrons. The Morgan fingerprint density at radius 2 is 0.784 bits per heavy atom. The van der Waals surface area contributed by atoms with Crippen molar-refractivity contribution in [3.8, 4) is 67.9 Å². The van der Waals surface area contributed by atoms with Crippen molar-refractivity contribution in [2.45, 2.75) is 0 Å². The molecule has 0 fully saturated rings. The van der Waals surface area contributed by atoms with Crippen molar-refractivity contribution in [1.29, 1.82) is 0 Å². The Balaban J connectivity index is 1.10. The van der Waals surface area contributed by atoms with Crippen molar-refractivity contribution < 1.29 is 18.3 Å². The van der Waals surface area contributed by atoms with Crippen molar-refractivity contribution >= 4 is 45.0 Å². The van der Waals surface area contributed by atoms with E-state index in [1.165, 1.54) is 0 Å². The number of rotatable bonds is 4. The standard InChI is InChI=1S/C46H27BO4/c1-5-13-38-32(9-1)25-42(48-38)30-21-17-28(18-22-30)34-27-35(29-19-23-31(24-20-29)43-26-33-10-2-6-14-39(33)49-43)46-44-45(34)50-40-15-7-3-11-36(40)47(44)37-12-4-8-16-41(37)51-46/h1-27H. The third kappa shape index (κ3) is 4.41. The molecule has 0 atom stereocenters. The maximum Gasteiger partial charge on any atom is 0.260 e. The second-order valence-corrected chi connectivity index (χ2v) is 13.2. The smallest absolute Gasteiger partial charge is 0.260 e. The Labute approximate surface area is 294 Å². The first kappa shape index (κ1) is 28.2. The lowest BCUT2D eigenvalue weighted by atomic mass is 9.34. The van der Waals surface area contributed by atoms with Gasteiger partial charge < -0.3 is 18.3 Å². The maximum atomic E-state index is 6.87. The second-order valence-electron chi connectivity index (χ2n) is 13.2. The summed E-state index contributed by atoms with van der Waals surface area (Å²) in [5.41, 5.74) is 11.2. The van der Waals surface area contributed by atoms with E-state index in [1.54, 1.807) is 0 Å². The molecule has 0 radical (unpaired) electrons. The van der Waals surface area contributed by atoms with E-state index >= 15 is 0 Å². The largest absolute Gasteiger partial charge is 0.458 e. The first-order valence-electron chi connectivity index (χ1n) is 17.2. The van der Waals surface area contributed by atoms with Crippen LogP contribution in [0.4, 0.5) is 0 Å². The van der Waals surface area contributed by atoms with Crippen LogP contribution in [-0.2, 0) is 0 Å². The van der Waals surface area contributed by atoms with Crippen molar-refractivity contribution in [3.63, 3.8) is 0 Å². The Hall–Kier alpha value is -6.72. The highest BCUT2D eigenvalue weighted by Gasteiger charge is 2.42. The summed E-state index contributed by atoms with van der Waals surface area (Å²) < 4.78 is 26.1. The maximum absolute atomic E-state index is 6.87. The summed E-state index contributed by atoms with van der Waals surface area (Å²) in [4.78, 5) is 0. The van der Waals surface area contributed by atoms with Gasteiger partial charge in [0.1, 0.15) is 45.7 Å². The lowest BCUT2D eigenvalue weighted by molar-refractivity contribution is 0.467. The SMILES string of the molecule is c1ccc2c(c1)Oc1c(-c3ccc(-c4cc5ccccc5o4)cc3)cc(-c3ccc(-c4cc5ccccc5o4)cc3)c3c1B2c1ccccc1O3. The van der Waals surface area contributed by atoms with Gasteiger partial charge in [0.2, 0.25) is 0 Å². The summed E-state index contributed by atoms with van der Waals surface area (Å²) in [7, 11) is 0. The summed E-state index contributed by atoms with van der Waals surface area (Å²) >= 11 is 0. The Morgan fingerprint density at radius 3 is 1.25 bits per heavy atom. The van der Waals surface area contributed by atoms with Crippen molar-refractivity contribution in [2.24, 2.45) is 0 Å². The quantitative estimate of drug-likeness (QED) is 0.177. The summed E-state index contributed by atoms with van der Waals surface area (Å²) in [6.07, 6.45) is 0. The number of hydrogen-bond acceptors (Lipinski definition) is 4. The second kappa shape index (κ2) is 10.9. The van der Waals surface area contributed by atoms with Crippen molar-refractivity contribution in [1.82, 2.24) is 0 Å². The molecule has 0 amide bonds. The van der Waals surface area contributed by atoms with Crippen LogP contribution >= 0.6 is 0 Å². The van der Waals surface area contributed by atoms with Gasteiger partial charge in [-0.05, 0) is 64.5 Å². The molecule has 5 heteroatoms. The normalized spacial score (nSPS) is 12.6. The van der Waals surface area contributed by atoms with Gasteiger partial charge in [0.25, 0.3) is 6.71 Å². The molecular formula is C46H27BO4. The summed E-state index contributed by atoms with van der Waals surface area (Å²) in [6, 6.07) is 56.5. The molecule has 0 bridgehead atoms. The van der Waals surface area contributed by atoms with Crippen LogP contribution in [0.15, 0.2) is 173 Å². The minimum atomic E-state index is -0.0479. The molecule has 11 rings (SSSR count). The minimum absolute atomic E-state index is 0.0479. The van der Waals surface area contributed by atoms with Crippen LogP contribution in [0.1, 0.15) is 0 Å². The first-order valence-corrected chi connectivity index (χ1v) is 17.2. The third-order valence-electron chi connectivity index (χ3n) is 10.3. The molecule has 4 heterocycles. The Morgan fingerprint density at radius 1 is 0.373 bits per heavy atom. The highest BCUT2D eigenvalue weighted by Crippen LogP contribution is 2.46. The third-order valence-corrected chi connectivity index (χ3v) is 10.3. The fourth-order valence-corrected chi connectivity index (χ4v) is 7.78. The zero-order valence-electron chi connectivity index (χ0n) is 27.3. The topological polar surface area (TPSA) is 44.7 Å². The van der Waals surface area contributed by atoms with Gasteiger partial charge in [-0.3, -0.25) is 0 Å². The van der Waals surface area contributed by atoms with Gasteiger partial charge in [-0.15, -0.1) is 0 Å². The summed E-state index contributed by atoms with van der Waals surface area (Å²) in [6.45, 7) is -0.0479. The molecule has 0 N–H and O–H groups in total. The van der Waals surface area contributed by atoms with E-state index in [-0.39, 0.29) is 6.71 Å². The molecule has 2 aliphatic heterocycles. The molecule has 0 saturated carbocycles. The van der Waals surface area contributed by atoms with Crippen molar-refractivity contribution in [3.05, 3.63) is 164 Å². The first-order chi connectivity index (χ1) is 25.2. The number of ether oxygens (including phenoxy) is 2. The fraction of sp³-hybridized carbons (Fsp3) is 0. The molecular weight excluding hydrogens is 627 g/mol. The highest BCUT2D eigenvalue weighted by atomic mass is 16.5. The van der Waals surface area contributed by atoms with Gasteiger partial charge in [0.05, 0.1) is 0 Å². The van der Waals surface area contributed by atoms with Crippen LogP contribution in [0.3, 0.4) is 0 Å². The van der Waals surface area contributed by atoms with Crippen LogP contribution in [0.5, 0.6) is 23.0 Å². The molecule has 4 nitrogen and oxygen atoms in total. The van der Waals surface area contributed by atoms with Gasteiger partial charge in [0, 0.05) is 38.5 Å². The lowest BCUT2D eigenvalue weighted by Crippen LogP contribution is -2.57. The average molecular weight is 655 g/mol. The average Bonchev–Trinajstić information content (AvgIpc) is 3.83. The van der Waals surface area contributed by atoms with E-state index in [0.717, 1.165) is 106 Å². The van der Waals surface area contributed by atoms with E-state index in [1.807, 2.05) is 48.5 Å². The predicted octanol–water partition coefficient (Wildman–Crippen LogP) is 10.6. The monoisotopic (exact) mass is 654 g/mol.